The number of aliphatic imine (C=N–C) groups is 1. The van der Waals surface area contributed by atoms with Crippen LogP contribution in [0.1, 0.15) is 39.5 Å². The monoisotopic (exact) mass is 452 g/mol. The first-order valence-corrected chi connectivity index (χ1v) is 7.94. The molecule has 0 radical (unpaired) electrons. The Hall–Kier alpha value is -0.250. The fraction of sp³-hybridized carbons (Fsp3) is 0.933. The molecule has 4 nitrogen and oxygen atoms in total. The zero-order valence-electron chi connectivity index (χ0n) is 14.7. The number of nitrogens with one attached hydrogen (secondary N) is 2. The van der Waals surface area contributed by atoms with Gasteiger partial charge in [0, 0.05) is 20.1 Å². The van der Waals surface area contributed by atoms with Crippen LogP contribution < -0.4 is 10.6 Å². The molecule has 0 aromatic rings. The molecular formula is C15H32F3IN4. The summed E-state index contributed by atoms with van der Waals surface area (Å²) in [6, 6.07) is 0. The molecule has 2 N–H and O–H groups in total. The third-order valence-electron chi connectivity index (χ3n) is 3.18. The Labute approximate surface area is 155 Å². The molecule has 0 amide bonds. The SMILES string of the molecule is CN=C(NCCCCC(C)C)NCCCN(C)CC(F)(F)F.I. The van der Waals surface area contributed by atoms with Crippen molar-refractivity contribution < 1.29 is 13.2 Å². The summed E-state index contributed by atoms with van der Waals surface area (Å²) in [5.74, 6) is 1.44. The maximum Gasteiger partial charge on any atom is 0.401 e. The van der Waals surface area contributed by atoms with E-state index in [1.165, 1.54) is 24.8 Å². The fourth-order valence-corrected chi connectivity index (χ4v) is 2.05. The Morgan fingerprint density at radius 1 is 1.09 bits per heavy atom. The summed E-state index contributed by atoms with van der Waals surface area (Å²) in [4.78, 5) is 5.38. The van der Waals surface area contributed by atoms with Crippen LogP contribution in [-0.4, -0.2) is 57.3 Å². The van der Waals surface area contributed by atoms with E-state index in [0.29, 0.717) is 25.5 Å². The minimum absolute atomic E-state index is 0. The number of nitrogens with zero attached hydrogens (tertiary/aromatic N) is 2. The van der Waals surface area contributed by atoms with Gasteiger partial charge in [0.05, 0.1) is 6.54 Å². The molecular weight excluding hydrogens is 420 g/mol. The summed E-state index contributed by atoms with van der Waals surface area (Å²) in [7, 11) is 3.18. The maximum absolute atomic E-state index is 12.2. The highest BCUT2D eigenvalue weighted by atomic mass is 127. The van der Waals surface area contributed by atoms with E-state index >= 15 is 0 Å². The quantitative estimate of drug-likeness (QED) is 0.231. The summed E-state index contributed by atoms with van der Waals surface area (Å²) in [5, 5.41) is 6.33. The maximum atomic E-state index is 12.2. The third kappa shape index (κ3) is 17.9. The summed E-state index contributed by atoms with van der Waals surface area (Å²) in [6.07, 6.45) is 0.00668. The zero-order chi connectivity index (χ0) is 17.0. The molecule has 0 aromatic carbocycles. The molecule has 0 fully saturated rings. The van der Waals surface area contributed by atoms with Gasteiger partial charge in [0.1, 0.15) is 0 Å². The van der Waals surface area contributed by atoms with Crippen LogP contribution >= 0.6 is 24.0 Å². The van der Waals surface area contributed by atoms with Crippen LogP contribution in [-0.2, 0) is 0 Å². The van der Waals surface area contributed by atoms with E-state index in [2.05, 4.69) is 29.5 Å². The van der Waals surface area contributed by atoms with Crippen LogP contribution in [0.5, 0.6) is 0 Å². The second-order valence-corrected chi connectivity index (χ2v) is 6.02. The lowest BCUT2D eigenvalue weighted by Crippen LogP contribution is -2.39. The van der Waals surface area contributed by atoms with Crippen molar-refractivity contribution in [2.24, 2.45) is 10.9 Å². The smallest absolute Gasteiger partial charge is 0.356 e. The highest BCUT2D eigenvalue weighted by Gasteiger charge is 2.28. The third-order valence-corrected chi connectivity index (χ3v) is 3.18. The first-order valence-electron chi connectivity index (χ1n) is 7.94. The summed E-state index contributed by atoms with van der Waals surface area (Å²) in [6.45, 7) is 5.43. The van der Waals surface area contributed by atoms with E-state index in [-0.39, 0.29) is 24.0 Å². The molecule has 0 heterocycles. The van der Waals surface area contributed by atoms with E-state index in [4.69, 9.17) is 0 Å². The number of guanidine groups is 1. The first kappa shape index (κ1) is 25.0. The lowest BCUT2D eigenvalue weighted by molar-refractivity contribution is -0.143. The van der Waals surface area contributed by atoms with Crippen molar-refractivity contribution in [1.82, 2.24) is 15.5 Å². The predicted octanol–water partition coefficient (Wildman–Crippen LogP) is 3.48. The Morgan fingerprint density at radius 2 is 1.65 bits per heavy atom. The van der Waals surface area contributed by atoms with E-state index < -0.39 is 12.7 Å². The zero-order valence-corrected chi connectivity index (χ0v) is 17.0. The van der Waals surface area contributed by atoms with Crippen LogP contribution in [0.15, 0.2) is 4.99 Å². The lowest BCUT2D eigenvalue weighted by Gasteiger charge is -2.19. The molecule has 0 spiro atoms. The standard InChI is InChI=1S/C15H31F3N4.HI/c1-13(2)8-5-6-9-20-14(19-3)21-10-7-11-22(4)12-15(16,17)18;/h13H,5-12H2,1-4H3,(H2,19,20,21);1H. The molecule has 0 aliphatic carbocycles. The van der Waals surface area contributed by atoms with E-state index in [1.807, 2.05) is 0 Å². The van der Waals surface area contributed by atoms with Gasteiger partial charge in [-0.2, -0.15) is 13.2 Å². The van der Waals surface area contributed by atoms with E-state index in [0.717, 1.165) is 18.9 Å². The topological polar surface area (TPSA) is 39.7 Å². The van der Waals surface area contributed by atoms with Crippen molar-refractivity contribution in [1.29, 1.82) is 0 Å². The highest BCUT2D eigenvalue weighted by Crippen LogP contribution is 2.15. The summed E-state index contributed by atoms with van der Waals surface area (Å²) >= 11 is 0. The Morgan fingerprint density at radius 3 is 2.13 bits per heavy atom. The second-order valence-electron chi connectivity index (χ2n) is 6.02. The van der Waals surface area contributed by atoms with E-state index in [9.17, 15) is 13.2 Å². The molecule has 0 aliphatic rings. The van der Waals surface area contributed by atoms with Crippen molar-refractivity contribution >= 4 is 29.9 Å². The highest BCUT2D eigenvalue weighted by molar-refractivity contribution is 14.0. The van der Waals surface area contributed by atoms with Gasteiger partial charge in [-0.1, -0.05) is 26.7 Å². The van der Waals surface area contributed by atoms with Crippen molar-refractivity contribution in [3.8, 4) is 0 Å². The lowest BCUT2D eigenvalue weighted by atomic mass is 10.1. The van der Waals surface area contributed by atoms with Gasteiger partial charge in [-0.05, 0) is 32.4 Å². The molecule has 0 unspecified atom stereocenters. The molecule has 0 rings (SSSR count). The fourth-order valence-electron chi connectivity index (χ4n) is 2.05. The molecule has 0 saturated heterocycles. The largest absolute Gasteiger partial charge is 0.401 e. The van der Waals surface area contributed by atoms with Gasteiger partial charge in [-0.15, -0.1) is 24.0 Å². The van der Waals surface area contributed by atoms with Crippen LogP contribution in [0.25, 0.3) is 0 Å². The number of halogens is 4. The van der Waals surface area contributed by atoms with Crippen molar-refractivity contribution in [3.63, 3.8) is 0 Å². The van der Waals surface area contributed by atoms with Gasteiger partial charge in [0.15, 0.2) is 5.96 Å². The van der Waals surface area contributed by atoms with Crippen molar-refractivity contribution in [2.45, 2.75) is 45.7 Å². The van der Waals surface area contributed by atoms with Gasteiger partial charge in [-0.25, -0.2) is 0 Å². The average Bonchev–Trinajstić information content (AvgIpc) is 2.38. The number of hydrogen-bond acceptors (Lipinski definition) is 2. The van der Waals surface area contributed by atoms with Crippen LogP contribution in [0.2, 0.25) is 0 Å². The van der Waals surface area contributed by atoms with Gasteiger partial charge in [0.2, 0.25) is 0 Å². The van der Waals surface area contributed by atoms with Crippen LogP contribution in [0, 0.1) is 5.92 Å². The molecule has 0 atom stereocenters. The number of rotatable bonds is 10. The Bertz CT molecular complexity index is 310. The van der Waals surface area contributed by atoms with Crippen LogP contribution in [0.4, 0.5) is 13.2 Å². The number of hydrogen-bond donors (Lipinski definition) is 2. The van der Waals surface area contributed by atoms with Crippen molar-refractivity contribution in [2.75, 3.05) is 40.3 Å². The van der Waals surface area contributed by atoms with Crippen LogP contribution in [0.3, 0.4) is 0 Å². The van der Waals surface area contributed by atoms with Gasteiger partial charge < -0.3 is 10.6 Å². The first-order chi connectivity index (χ1) is 10.2. The second kappa shape index (κ2) is 14.1. The van der Waals surface area contributed by atoms with Gasteiger partial charge in [-0.3, -0.25) is 9.89 Å². The minimum Gasteiger partial charge on any atom is -0.356 e. The Balaban J connectivity index is 0. The molecule has 0 aromatic heterocycles. The van der Waals surface area contributed by atoms with Crippen molar-refractivity contribution in [3.05, 3.63) is 0 Å². The molecule has 0 bridgehead atoms. The Kier molecular flexibility index (Phi) is 15.3. The minimum atomic E-state index is -4.13. The normalized spacial score (nSPS) is 12.5. The number of alkyl halides is 3. The molecule has 140 valence electrons. The van der Waals surface area contributed by atoms with Gasteiger partial charge >= 0.3 is 6.18 Å². The van der Waals surface area contributed by atoms with Gasteiger partial charge in [0.25, 0.3) is 0 Å². The average molecular weight is 452 g/mol. The molecule has 0 saturated carbocycles. The molecule has 0 aliphatic heterocycles. The van der Waals surface area contributed by atoms with E-state index in [1.54, 1.807) is 7.05 Å². The predicted molar refractivity (Wildman–Crippen MR) is 102 cm³/mol. The summed E-state index contributed by atoms with van der Waals surface area (Å²) < 4.78 is 36.5. The molecule has 23 heavy (non-hydrogen) atoms. The number of unbranched alkanes of at least 4 members (excludes halogenated alkanes) is 1. The summed E-state index contributed by atoms with van der Waals surface area (Å²) in [5.41, 5.74) is 0. The molecule has 8 heteroatoms.